The van der Waals surface area contributed by atoms with Crippen molar-refractivity contribution in [3.8, 4) is 22.6 Å². The molecule has 1 amide bonds. The minimum atomic E-state index is -0.204. The van der Waals surface area contributed by atoms with Gasteiger partial charge in [0.05, 0.1) is 33.5 Å². The van der Waals surface area contributed by atoms with E-state index in [1.54, 1.807) is 31.5 Å². The summed E-state index contributed by atoms with van der Waals surface area (Å²) in [6.45, 7) is 4.92. The lowest BCUT2D eigenvalue weighted by molar-refractivity contribution is -0.148. The predicted molar refractivity (Wildman–Crippen MR) is 134 cm³/mol. The van der Waals surface area contributed by atoms with E-state index in [-0.39, 0.29) is 17.8 Å². The first-order valence-electron chi connectivity index (χ1n) is 11.7. The number of rotatable bonds is 6. The molecule has 184 valence electrons. The van der Waals surface area contributed by atoms with Gasteiger partial charge >= 0.3 is 5.97 Å². The van der Waals surface area contributed by atoms with Gasteiger partial charge in [-0.1, -0.05) is 12.1 Å². The number of ether oxygens (including phenoxy) is 3. The number of likely N-dealkylation sites (tertiary alicyclic amines) is 1. The first-order valence-corrected chi connectivity index (χ1v) is 11.7. The molecule has 4 rings (SSSR count). The molecule has 7 heteroatoms. The Hall–Kier alpha value is -3.74. The molecule has 0 N–H and O–H groups in total. The van der Waals surface area contributed by atoms with Gasteiger partial charge in [0.1, 0.15) is 17.1 Å². The lowest BCUT2D eigenvalue weighted by Gasteiger charge is -2.30. The Morgan fingerprint density at radius 3 is 2.49 bits per heavy atom. The Balaban J connectivity index is 1.68. The highest BCUT2D eigenvalue weighted by molar-refractivity contribution is 6.01. The molecule has 1 fully saturated rings. The lowest BCUT2D eigenvalue weighted by atomic mass is 9.95. The van der Waals surface area contributed by atoms with Gasteiger partial charge in [-0.3, -0.25) is 9.59 Å². The number of allylic oxidation sites excluding steroid dienone is 1. The molecule has 0 spiro atoms. The summed E-state index contributed by atoms with van der Waals surface area (Å²) in [6, 6.07) is 9.83. The van der Waals surface area contributed by atoms with Crippen molar-refractivity contribution in [1.82, 2.24) is 4.90 Å². The summed E-state index contributed by atoms with van der Waals surface area (Å²) < 4.78 is 21.9. The Labute approximate surface area is 205 Å². The molecule has 0 atom stereocenters. The number of hydrogen-bond donors (Lipinski definition) is 0. The fraction of sp³-hybridized carbons (Fsp3) is 0.357. The molecule has 1 saturated heterocycles. The molecule has 2 heterocycles. The van der Waals surface area contributed by atoms with Crippen LogP contribution in [0.25, 0.3) is 27.7 Å². The van der Waals surface area contributed by atoms with Crippen molar-refractivity contribution in [2.75, 3.05) is 34.4 Å². The van der Waals surface area contributed by atoms with Crippen LogP contribution in [0.5, 0.6) is 11.5 Å². The van der Waals surface area contributed by atoms with E-state index in [9.17, 15) is 9.59 Å². The fourth-order valence-electron chi connectivity index (χ4n) is 4.74. The zero-order valence-corrected chi connectivity index (χ0v) is 20.8. The van der Waals surface area contributed by atoms with Gasteiger partial charge in [-0.15, -0.1) is 0 Å². The van der Waals surface area contributed by atoms with E-state index in [2.05, 4.69) is 0 Å². The summed E-state index contributed by atoms with van der Waals surface area (Å²) in [6.07, 6.45) is 4.61. The number of piperidine rings is 1. The van der Waals surface area contributed by atoms with Gasteiger partial charge in [0.15, 0.2) is 0 Å². The molecular weight excluding hydrogens is 446 g/mol. The van der Waals surface area contributed by atoms with Crippen LogP contribution in [0.4, 0.5) is 0 Å². The highest BCUT2D eigenvalue weighted by atomic mass is 16.5. The average Bonchev–Trinajstić information content (AvgIpc) is 3.32. The van der Waals surface area contributed by atoms with Crippen molar-refractivity contribution in [1.29, 1.82) is 0 Å². The van der Waals surface area contributed by atoms with Gasteiger partial charge in [0.2, 0.25) is 5.91 Å². The molecule has 0 bridgehead atoms. The maximum absolute atomic E-state index is 13.0. The molecule has 1 aromatic heterocycles. The summed E-state index contributed by atoms with van der Waals surface area (Å²) in [7, 11) is 4.66. The molecule has 3 aromatic rings. The van der Waals surface area contributed by atoms with E-state index in [1.807, 2.05) is 44.2 Å². The third-order valence-electron chi connectivity index (χ3n) is 6.73. The molecule has 35 heavy (non-hydrogen) atoms. The zero-order valence-electron chi connectivity index (χ0n) is 20.8. The highest BCUT2D eigenvalue weighted by Gasteiger charge is 2.27. The molecule has 1 aliphatic heterocycles. The second kappa shape index (κ2) is 10.3. The number of benzene rings is 2. The van der Waals surface area contributed by atoms with Crippen LogP contribution >= 0.6 is 0 Å². The Bertz CT molecular complexity index is 1280. The monoisotopic (exact) mass is 477 g/mol. The van der Waals surface area contributed by atoms with Crippen LogP contribution in [0, 0.1) is 12.8 Å². The van der Waals surface area contributed by atoms with Crippen molar-refractivity contribution >= 4 is 28.4 Å². The molecule has 0 saturated carbocycles. The summed E-state index contributed by atoms with van der Waals surface area (Å²) in [5.74, 6) is 1.01. The average molecular weight is 478 g/mol. The van der Waals surface area contributed by atoms with Crippen molar-refractivity contribution in [3.63, 3.8) is 0 Å². The van der Waals surface area contributed by atoms with Crippen LogP contribution in [0.3, 0.4) is 0 Å². The van der Waals surface area contributed by atoms with Crippen LogP contribution in [0.15, 0.2) is 47.1 Å². The van der Waals surface area contributed by atoms with Crippen LogP contribution in [-0.4, -0.2) is 51.2 Å². The number of aryl methyl sites for hydroxylation is 1. The minimum absolute atomic E-state index is 0.0779. The van der Waals surface area contributed by atoms with E-state index < -0.39 is 0 Å². The Morgan fingerprint density at radius 2 is 1.83 bits per heavy atom. The third-order valence-corrected chi connectivity index (χ3v) is 6.73. The number of methoxy groups -OCH3 is 3. The molecule has 7 nitrogen and oxygen atoms in total. The predicted octanol–water partition coefficient (Wildman–Crippen LogP) is 5.24. The van der Waals surface area contributed by atoms with E-state index in [0.29, 0.717) is 31.7 Å². The number of hydrogen-bond acceptors (Lipinski definition) is 6. The summed E-state index contributed by atoms with van der Waals surface area (Å²) >= 11 is 0. The topological polar surface area (TPSA) is 78.2 Å². The smallest absolute Gasteiger partial charge is 0.308 e. The van der Waals surface area contributed by atoms with Gasteiger partial charge in [-0.05, 0) is 56.0 Å². The third kappa shape index (κ3) is 4.76. The number of esters is 1. The first-order chi connectivity index (χ1) is 16.9. The zero-order chi connectivity index (χ0) is 25.1. The summed E-state index contributed by atoms with van der Waals surface area (Å²) in [5.41, 5.74) is 5.16. The van der Waals surface area contributed by atoms with Crippen molar-refractivity contribution < 1.29 is 28.2 Å². The number of carbonyl (C=O) groups is 2. The maximum Gasteiger partial charge on any atom is 0.308 e. The van der Waals surface area contributed by atoms with Crippen molar-refractivity contribution in [3.05, 3.63) is 53.8 Å². The summed E-state index contributed by atoms with van der Waals surface area (Å²) in [5, 5.41) is 0.936. The molecule has 0 aliphatic carbocycles. The number of fused-ring (bicyclic) bond motifs is 1. The maximum atomic E-state index is 13.0. The van der Waals surface area contributed by atoms with E-state index in [0.717, 1.165) is 44.5 Å². The van der Waals surface area contributed by atoms with Gasteiger partial charge in [0.25, 0.3) is 0 Å². The quantitative estimate of drug-likeness (QED) is 0.357. The van der Waals surface area contributed by atoms with E-state index in [4.69, 9.17) is 18.6 Å². The Morgan fingerprint density at radius 1 is 1.09 bits per heavy atom. The molecule has 2 aromatic carbocycles. The van der Waals surface area contributed by atoms with Gasteiger partial charge < -0.3 is 23.5 Å². The second-order valence-corrected chi connectivity index (χ2v) is 8.79. The van der Waals surface area contributed by atoms with Crippen molar-refractivity contribution in [2.24, 2.45) is 5.92 Å². The molecule has 0 radical (unpaired) electrons. The van der Waals surface area contributed by atoms with Gasteiger partial charge in [-0.2, -0.15) is 0 Å². The van der Waals surface area contributed by atoms with Gasteiger partial charge in [0, 0.05) is 41.2 Å². The number of amides is 1. The van der Waals surface area contributed by atoms with Crippen LogP contribution in [-0.2, 0) is 14.3 Å². The Kier molecular flexibility index (Phi) is 7.15. The number of carbonyl (C=O) groups excluding carboxylic acids is 2. The highest BCUT2D eigenvalue weighted by Crippen LogP contribution is 2.41. The van der Waals surface area contributed by atoms with Crippen LogP contribution in [0.1, 0.15) is 30.9 Å². The van der Waals surface area contributed by atoms with E-state index >= 15 is 0 Å². The lowest BCUT2D eigenvalue weighted by Crippen LogP contribution is -2.39. The van der Waals surface area contributed by atoms with E-state index in [1.165, 1.54) is 7.11 Å². The molecular formula is C28H31NO6. The normalized spacial score (nSPS) is 14.8. The second-order valence-electron chi connectivity index (χ2n) is 8.79. The fourth-order valence-corrected chi connectivity index (χ4v) is 4.74. The van der Waals surface area contributed by atoms with Crippen LogP contribution < -0.4 is 9.47 Å². The van der Waals surface area contributed by atoms with Crippen molar-refractivity contribution in [2.45, 2.75) is 26.7 Å². The standard InChI is InChI=1S/C28H31NO6/c1-17(13-25(30)29-11-9-19(10-12-29)28(31)34-5)22-15-23-24(20-7-6-8-21(14-20)32-3)16-35-27(23)18(2)26(22)33-4/h6-8,13-16,19H,9-12H2,1-5H3/b17-13+. The summed E-state index contributed by atoms with van der Waals surface area (Å²) in [4.78, 5) is 26.6. The van der Waals surface area contributed by atoms with Gasteiger partial charge in [-0.25, -0.2) is 0 Å². The number of nitrogens with zero attached hydrogens (tertiary/aromatic N) is 1. The first kappa shape index (κ1) is 24.4. The molecule has 1 aliphatic rings. The molecule has 0 unspecified atom stereocenters. The number of furan rings is 1. The largest absolute Gasteiger partial charge is 0.497 e. The SMILES string of the molecule is COC(=O)C1CCN(C(=O)/C=C(\C)c2cc3c(-c4cccc(OC)c4)coc3c(C)c2OC)CC1. The van der Waals surface area contributed by atoms with Crippen LogP contribution in [0.2, 0.25) is 0 Å². The minimum Gasteiger partial charge on any atom is -0.497 e.